The van der Waals surface area contributed by atoms with Crippen molar-refractivity contribution in [3.8, 4) is 11.1 Å². The van der Waals surface area contributed by atoms with Crippen molar-refractivity contribution in [1.29, 1.82) is 0 Å². The zero-order valence-corrected chi connectivity index (χ0v) is 11.5. The van der Waals surface area contributed by atoms with E-state index in [1.807, 2.05) is 0 Å². The molecule has 4 rings (SSSR count). The molecule has 1 saturated carbocycles. The largest absolute Gasteiger partial charge is 0.0616 e. The average Bonchev–Trinajstić information content (AvgIpc) is 2.46. The zero-order chi connectivity index (χ0) is 13.4. The summed E-state index contributed by atoms with van der Waals surface area (Å²) in [7, 11) is 0. The van der Waals surface area contributed by atoms with E-state index in [1.165, 1.54) is 46.7 Å². The van der Waals surface area contributed by atoms with Crippen molar-refractivity contribution < 1.29 is 0 Å². The van der Waals surface area contributed by atoms with Crippen LogP contribution in [0.15, 0.2) is 66.7 Å². The molecule has 0 aliphatic heterocycles. The molecule has 20 heavy (non-hydrogen) atoms. The van der Waals surface area contributed by atoms with Crippen LogP contribution in [0.2, 0.25) is 0 Å². The third kappa shape index (κ3) is 1.92. The average molecular weight is 258 g/mol. The van der Waals surface area contributed by atoms with Gasteiger partial charge in [-0.2, -0.15) is 0 Å². The lowest BCUT2D eigenvalue weighted by molar-refractivity contribution is 0.420. The van der Waals surface area contributed by atoms with Crippen molar-refractivity contribution in [3.05, 3.63) is 72.3 Å². The van der Waals surface area contributed by atoms with Gasteiger partial charge < -0.3 is 0 Å². The second kappa shape index (κ2) is 4.79. The van der Waals surface area contributed by atoms with Crippen molar-refractivity contribution in [3.63, 3.8) is 0 Å². The highest BCUT2D eigenvalue weighted by Gasteiger charge is 2.19. The predicted molar refractivity (Wildman–Crippen MR) is 86.0 cm³/mol. The highest BCUT2D eigenvalue weighted by molar-refractivity contribution is 5.96. The van der Waals surface area contributed by atoms with E-state index in [4.69, 9.17) is 0 Å². The summed E-state index contributed by atoms with van der Waals surface area (Å²) in [6, 6.07) is 24.4. The second-order valence-corrected chi connectivity index (χ2v) is 5.78. The van der Waals surface area contributed by atoms with Crippen molar-refractivity contribution in [1.82, 2.24) is 0 Å². The first-order chi connectivity index (χ1) is 9.92. The monoisotopic (exact) mass is 258 g/mol. The van der Waals surface area contributed by atoms with Gasteiger partial charge in [0, 0.05) is 0 Å². The summed E-state index contributed by atoms with van der Waals surface area (Å²) in [5.41, 5.74) is 4.17. The molecule has 0 heteroatoms. The van der Waals surface area contributed by atoms with Gasteiger partial charge in [-0.1, -0.05) is 73.2 Å². The van der Waals surface area contributed by atoms with E-state index in [0.29, 0.717) is 0 Å². The van der Waals surface area contributed by atoms with Gasteiger partial charge in [-0.25, -0.2) is 0 Å². The number of hydrogen-bond acceptors (Lipinski definition) is 0. The Hall–Kier alpha value is -2.08. The third-order valence-corrected chi connectivity index (χ3v) is 4.59. The summed E-state index contributed by atoms with van der Waals surface area (Å²) in [6.45, 7) is 0. The fourth-order valence-electron chi connectivity index (χ4n) is 3.15. The predicted octanol–water partition coefficient (Wildman–Crippen LogP) is 5.77. The summed E-state index contributed by atoms with van der Waals surface area (Å²) in [6.07, 6.45) is 4.14. The van der Waals surface area contributed by atoms with Crippen LogP contribution in [0.1, 0.15) is 30.7 Å². The molecule has 0 unspecified atom stereocenters. The van der Waals surface area contributed by atoms with Crippen LogP contribution in [0.25, 0.3) is 21.9 Å². The molecule has 3 aromatic rings. The van der Waals surface area contributed by atoms with E-state index in [1.54, 1.807) is 0 Å². The van der Waals surface area contributed by atoms with Crippen molar-refractivity contribution in [2.45, 2.75) is 25.2 Å². The van der Waals surface area contributed by atoms with E-state index in [0.717, 1.165) is 5.92 Å². The summed E-state index contributed by atoms with van der Waals surface area (Å²) in [5.74, 6) is 0.816. The summed E-state index contributed by atoms with van der Waals surface area (Å²) >= 11 is 0. The molecule has 1 fully saturated rings. The molecular formula is C20H18. The van der Waals surface area contributed by atoms with Crippen molar-refractivity contribution >= 4 is 10.8 Å². The summed E-state index contributed by atoms with van der Waals surface area (Å²) < 4.78 is 0. The molecule has 3 aromatic carbocycles. The Balaban J connectivity index is 1.78. The smallest absolute Gasteiger partial charge is 0.0105 e. The van der Waals surface area contributed by atoms with Crippen molar-refractivity contribution in [2.75, 3.05) is 0 Å². The van der Waals surface area contributed by atoms with Crippen LogP contribution in [-0.2, 0) is 0 Å². The lowest BCUT2D eigenvalue weighted by atomic mass is 9.80. The number of fused-ring (bicyclic) bond motifs is 1. The second-order valence-electron chi connectivity index (χ2n) is 5.78. The Bertz CT molecular complexity index is 728. The van der Waals surface area contributed by atoms with Crippen LogP contribution in [-0.4, -0.2) is 0 Å². The molecule has 0 aromatic heterocycles. The fraction of sp³-hybridized carbons (Fsp3) is 0.200. The first-order valence-electron chi connectivity index (χ1n) is 7.50. The van der Waals surface area contributed by atoms with Gasteiger partial charge in [0.05, 0.1) is 0 Å². The van der Waals surface area contributed by atoms with Crippen LogP contribution in [0.3, 0.4) is 0 Å². The molecule has 0 bridgehead atoms. The minimum atomic E-state index is 0.816. The molecular weight excluding hydrogens is 240 g/mol. The van der Waals surface area contributed by atoms with Crippen molar-refractivity contribution in [2.24, 2.45) is 0 Å². The SMILES string of the molecule is c1ccc2c(-c3ccc(C4CCC4)cc3)cccc2c1. The maximum atomic E-state index is 2.32. The Labute approximate surface area is 120 Å². The van der Waals surface area contributed by atoms with Gasteiger partial charge in [0.25, 0.3) is 0 Å². The highest BCUT2D eigenvalue weighted by Crippen LogP contribution is 2.37. The van der Waals surface area contributed by atoms with Gasteiger partial charge >= 0.3 is 0 Å². The number of benzene rings is 3. The topological polar surface area (TPSA) is 0 Å². The molecule has 1 aliphatic rings. The first-order valence-corrected chi connectivity index (χ1v) is 7.50. The maximum absolute atomic E-state index is 2.32. The Morgan fingerprint density at radius 2 is 1.45 bits per heavy atom. The molecule has 0 nitrogen and oxygen atoms in total. The van der Waals surface area contributed by atoms with Crippen LogP contribution < -0.4 is 0 Å². The van der Waals surface area contributed by atoms with Gasteiger partial charge in [-0.3, -0.25) is 0 Å². The Morgan fingerprint density at radius 3 is 2.20 bits per heavy atom. The maximum Gasteiger partial charge on any atom is -0.0105 e. The van der Waals surface area contributed by atoms with Gasteiger partial charge in [0.2, 0.25) is 0 Å². The Morgan fingerprint density at radius 1 is 0.700 bits per heavy atom. The van der Waals surface area contributed by atoms with Gasteiger partial charge in [-0.15, -0.1) is 0 Å². The highest BCUT2D eigenvalue weighted by atomic mass is 14.2. The lowest BCUT2D eigenvalue weighted by Crippen LogP contribution is -2.08. The standard InChI is InChI=1S/C20H18/c1-2-9-19-17(5-1)8-4-10-20(19)18-13-11-16(12-14-18)15-6-3-7-15/h1-2,4-5,8-15H,3,6-7H2. The number of rotatable bonds is 2. The summed E-state index contributed by atoms with van der Waals surface area (Å²) in [4.78, 5) is 0. The first kappa shape index (κ1) is 11.7. The van der Waals surface area contributed by atoms with Crippen LogP contribution >= 0.6 is 0 Å². The van der Waals surface area contributed by atoms with Gasteiger partial charge in [0.1, 0.15) is 0 Å². The van der Waals surface area contributed by atoms with E-state index in [9.17, 15) is 0 Å². The normalized spacial score (nSPS) is 15.2. The van der Waals surface area contributed by atoms with E-state index >= 15 is 0 Å². The Kier molecular flexibility index (Phi) is 2.81. The van der Waals surface area contributed by atoms with E-state index < -0.39 is 0 Å². The van der Waals surface area contributed by atoms with Crippen LogP contribution in [0.4, 0.5) is 0 Å². The molecule has 0 N–H and O–H groups in total. The third-order valence-electron chi connectivity index (χ3n) is 4.59. The quantitative estimate of drug-likeness (QED) is 0.547. The summed E-state index contributed by atoms with van der Waals surface area (Å²) in [5, 5.41) is 2.65. The molecule has 0 heterocycles. The molecule has 0 atom stereocenters. The minimum absolute atomic E-state index is 0.816. The fourth-order valence-corrected chi connectivity index (χ4v) is 3.15. The zero-order valence-electron chi connectivity index (χ0n) is 11.5. The van der Waals surface area contributed by atoms with Gasteiger partial charge in [0.15, 0.2) is 0 Å². The number of hydrogen-bond donors (Lipinski definition) is 0. The van der Waals surface area contributed by atoms with E-state index in [2.05, 4.69) is 66.7 Å². The molecule has 0 radical (unpaired) electrons. The van der Waals surface area contributed by atoms with Crippen LogP contribution in [0, 0.1) is 0 Å². The lowest BCUT2D eigenvalue weighted by Gasteiger charge is -2.25. The molecule has 0 saturated heterocycles. The van der Waals surface area contributed by atoms with E-state index in [-0.39, 0.29) is 0 Å². The molecule has 0 amide bonds. The molecule has 0 spiro atoms. The van der Waals surface area contributed by atoms with Crippen LogP contribution in [0.5, 0.6) is 0 Å². The molecule has 98 valence electrons. The molecule has 1 aliphatic carbocycles. The van der Waals surface area contributed by atoms with Gasteiger partial charge in [-0.05, 0) is 46.2 Å². The minimum Gasteiger partial charge on any atom is -0.0616 e.